The Hall–Kier alpha value is -1.98. The van der Waals surface area contributed by atoms with Crippen molar-refractivity contribution in [2.45, 2.75) is 18.5 Å². The molecule has 0 aliphatic heterocycles. The molecule has 24 heavy (non-hydrogen) atoms. The topological polar surface area (TPSA) is 39.9 Å². The number of aryl methyl sites for hydroxylation is 1. The summed E-state index contributed by atoms with van der Waals surface area (Å²) in [6.45, 7) is 2.75. The smallest absolute Gasteiger partial charge is 0.195 e. The molecule has 0 bridgehead atoms. The van der Waals surface area contributed by atoms with Crippen molar-refractivity contribution in [3.8, 4) is 11.4 Å². The van der Waals surface area contributed by atoms with E-state index >= 15 is 0 Å². The molecule has 3 rings (SSSR count). The van der Waals surface area contributed by atoms with Gasteiger partial charge in [0, 0.05) is 10.8 Å². The van der Waals surface area contributed by atoms with Gasteiger partial charge in [-0.1, -0.05) is 48.5 Å². The molecular formula is C18H18ClN3OS. The maximum absolute atomic E-state index is 6.05. The molecule has 0 aliphatic rings. The highest BCUT2D eigenvalue weighted by atomic mass is 35.5. The Morgan fingerprint density at radius 1 is 1.17 bits per heavy atom. The molecular weight excluding hydrogens is 342 g/mol. The van der Waals surface area contributed by atoms with E-state index in [-0.39, 0.29) is 0 Å². The van der Waals surface area contributed by atoms with E-state index in [1.54, 1.807) is 18.1 Å². The lowest BCUT2D eigenvalue weighted by Crippen LogP contribution is -2.02. The molecule has 6 heteroatoms. The molecule has 0 unspecified atom stereocenters. The van der Waals surface area contributed by atoms with Gasteiger partial charge in [-0.3, -0.25) is 4.57 Å². The van der Waals surface area contributed by atoms with Gasteiger partial charge in [0.2, 0.25) is 0 Å². The van der Waals surface area contributed by atoms with E-state index in [2.05, 4.69) is 29.3 Å². The van der Waals surface area contributed by atoms with E-state index in [0.29, 0.717) is 11.6 Å². The normalized spacial score (nSPS) is 10.8. The van der Waals surface area contributed by atoms with Gasteiger partial charge in [0.15, 0.2) is 5.16 Å². The maximum Gasteiger partial charge on any atom is 0.195 e. The van der Waals surface area contributed by atoms with Crippen molar-refractivity contribution in [1.29, 1.82) is 0 Å². The minimum Gasteiger partial charge on any atom is -0.493 e. The van der Waals surface area contributed by atoms with Crippen LogP contribution in [-0.2, 0) is 6.42 Å². The van der Waals surface area contributed by atoms with Crippen LogP contribution in [0.5, 0.6) is 5.75 Å². The number of ether oxygens (including phenoxy) is 1. The molecule has 124 valence electrons. The van der Waals surface area contributed by atoms with E-state index in [1.807, 2.05) is 41.0 Å². The van der Waals surface area contributed by atoms with Gasteiger partial charge >= 0.3 is 0 Å². The molecule has 0 saturated carbocycles. The molecule has 0 amide bonds. The Morgan fingerprint density at radius 2 is 2.04 bits per heavy atom. The first-order valence-electron chi connectivity index (χ1n) is 7.77. The number of rotatable bonds is 7. The predicted molar refractivity (Wildman–Crippen MR) is 98.4 cm³/mol. The van der Waals surface area contributed by atoms with E-state index in [1.165, 1.54) is 5.56 Å². The van der Waals surface area contributed by atoms with Gasteiger partial charge in [-0.25, -0.2) is 0 Å². The van der Waals surface area contributed by atoms with Crippen LogP contribution in [0.3, 0.4) is 0 Å². The summed E-state index contributed by atoms with van der Waals surface area (Å²) >= 11 is 7.66. The van der Waals surface area contributed by atoms with Crippen LogP contribution in [0.1, 0.15) is 12.5 Å². The highest BCUT2D eigenvalue weighted by molar-refractivity contribution is 7.99. The lowest BCUT2D eigenvalue weighted by molar-refractivity contribution is 0.343. The molecule has 0 spiro atoms. The molecule has 0 saturated heterocycles. The second kappa shape index (κ2) is 8.22. The standard InChI is InChI=1S/C18H18ClN3OS/c1-2-14-5-3-8-17(11-14)23-9-10-24-18-21-20-13-22(18)16-7-4-6-15(19)12-16/h3-8,11-13H,2,9-10H2,1H3. The third kappa shape index (κ3) is 4.30. The Morgan fingerprint density at radius 3 is 2.88 bits per heavy atom. The van der Waals surface area contributed by atoms with Crippen molar-refractivity contribution in [2.24, 2.45) is 0 Å². The number of halogens is 1. The molecule has 3 aromatic rings. The summed E-state index contributed by atoms with van der Waals surface area (Å²) < 4.78 is 7.74. The summed E-state index contributed by atoms with van der Waals surface area (Å²) in [5.41, 5.74) is 2.23. The summed E-state index contributed by atoms with van der Waals surface area (Å²) in [5.74, 6) is 1.70. The highest BCUT2D eigenvalue weighted by Crippen LogP contribution is 2.22. The van der Waals surface area contributed by atoms with Crippen LogP contribution in [0, 0.1) is 0 Å². The van der Waals surface area contributed by atoms with Gasteiger partial charge in [0.25, 0.3) is 0 Å². The number of hydrogen-bond acceptors (Lipinski definition) is 4. The molecule has 2 aromatic carbocycles. The minimum absolute atomic E-state index is 0.611. The van der Waals surface area contributed by atoms with Crippen LogP contribution in [0.4, 0.5) is 0 Å². The SMILES string of the molecule is CCc1cccc(OCCSc2nncn2-c2cccc(Cl)c2)c1. The first-order chi connectivity index (χ1) is 11.8. The summed E-state index contributed by atoms with van der Waals surface area (Å²) in [6, 6.07) is 15.8. The fourth-order valence-corrected chi connectivity index (χ4v) is 3.20. The number of aromatic nitrogens is 3. The maximum atomic E-state index is 6.05. The van der Waals surface area contributed by atoms with Crippen molar-refractivity contribution in [2.75, 3.05) is 12.4 Å². The minimum atomic E-state index is 0.611. The molecule has 0 N–H and O–H groups in total. The van der Waals surface area contributed by atoms with Gasteiger partial charge in [0.1, 0.15) is 12.1 Å². The van der Waals surface area contributed by atoms with E-state index in [0.717, 1.165) is 28.8 Å². The van der Waals surface area contributed by atoms with Crippen LogP contribution in [0.2, 0.25) is 5.02 Å². The lowest BCUT2D eigenvalue weighted by Gasteiger charge is -2.08. The molecule has 0 fully saturated rings. The average molecular weight is 360 g/mol. The number of thioether (sulfide) groups is 1. The largest absolute Gasteiger partial charge is 0.493 e. The predicted octanol–water partition coefficient (Wildman–Crippen LogP) is 4.65. The van der Waals surface area contributed by atoms with Crippen molar-refractivity contribution in [3.05, 3.63) is 65.4 Å². The van der Waals surface area contributed by atoms with Gasteiger partial charge in [-0.15, -0.1) is 10.2 Å². The van der Waals surface area contributed by atoms with Gasteiger partial charge < -0.3 is 4.74 Å². The molecule has 0 atom stereocenters. The van der Waals surface area contributed by atoms with Gasteiger partial charge in [-0.05, 0) is 42.3 Å². The van der Waals surface area contributed by atoms with Crippen molar-refractivity contribution < 1.29 is 4.74 Å². The lowest BCUT2D eigenvalue weighted by atomic mass is 10.2. The first-order valence-corrected chi connectivity index (χ1v) is 9.13. The van der Waals surface area contributed by atoms with Crippen molar-refractivity contribution in [3.63, 3.8) is 0 Å². The summed E-state index contributed by atoms with van der Waals surface area (Å²) in [6.07, 6.45) is 2.70. The molecule has 4 nitrogen and oxygen atoms in total. The van der Waals surface area contributed by atoms with Crippen LogP contribution in [0.25, 0.3) is 5.69 Å². The number of benzene rings is 2. The average Bonchev–Trinajstić information content (AvgIpc) is 3.07. The Labute approximate surface area is 150 Å². The summed E-state index contributed by atoms with van der Waals surface area (Å²) in [4.78, 5) is 0. The number of hydrogen-bond donors (Lipinski definition) is 0. The molecule has 0 aliphatic carbocycles. The van der Waals surface area contributed by atoms with Crippen LogP contribution in [-0.4, -0.2) is 27.1 Å². The fraction of sp³-hybridized carbons (Fsp3) is 0.222. The van der Waals surface area contributed by atoms with E-state index < -0.39 is 0 Å². The summed E-state index contributed by atoms with van der Waals surface area (Å²) in [7, 11) is 0. The van der Waals surface area contributed by atoms with Crippen LogP contribution >= 0.6 is 23.4 Å². The Bertz CT molecular complexity index is 806. The molecule has 1 aromatic heterocycles. The van der Waals surface area contributed by atoms with Crippen molar-refractivity contribution in [1.82, 2.24) is 14.8 Å². The first kappa shape index (κ1) is 16.9. The zero-order valence-corrected chi connectivity index (χ0v) is 14.9. The van der Waals surface area contributed by atoms with Gasteiger partial charge in [-0.2, -0.15) is 0 Å². The third-order valence-corrected chi connectivity index (χ3v) is 4.64. The highest BCUT2D eigenvalue weighted by Gasteiger charge is 2.07. The molecule has 1 heterocycles. The Balaban J connectivity index is 1.57. The zero-order valence-electron chi connectivity index (χ0n) is 13.4. The fourth-order valence-electron chi connectivity index (χ4n) is 2.27. The second-order valence-electron chi connectivity index (χ2n) is 5.16. The summed E-state index contributed by atoms with van der Waals surface area (Å²) in [5, 5.41) is 9.68. The number of nitrogens with zero attached hydrogens (tertiary/aromatic N) is 3. The monoisotopic (exact) mass is 359 g/mol. The van der Waals surface area contributed by atoms with E-state index in [9.17, 15) is 0 Å². The van der Waals surface area contributed by atoms with Crippen LogP contribution in [0.15, 0.2) is 60.0 Å². The Kier molecular flexibility index (Phi) is 5.77. The van der Waals surface area contributed by atoms with Gasteiger partial charge in [0.05, 0.1) is 12.3 Å². The molecule has 0 radical (unpaired) electrons. The second-order valence-corrected chi connectivity index (χ2v) is 6.66. The quantitative estimate of drug-likeness (QED) is 0.454. The zero-order chi connectivity index (χ0) is 16.8. The third-order valence-electron chi connectivity index (χ3n) is 3.49. The van der Waals surface area contributed by atoms with Crippen molar-refractivity contribution >= 4 is 23.4 Å². The van der Waals surface area contributed by atoms with Crippen LogP contribution < -0.4 is 4.74 Å². The van der Waals surface area contributed by atoms with E-state index in [4.69, 9.17) is 16.3 Å².